The average molecular weight is 1450 g/mol. The number of nitrogens with two attached hydrogens (primary N) is 2. The Morgan fingerprint density at radius 2 is 0.791 bits per heavy atom. The standard InChI is InChI=1S/C25H14N4O5S.C14H9N2O3.C11H5BrN2O2S.C9H10N4OS.CH4.3CH3.Sn/c30-22-16-5-1-2-6-17(16)23(31)28(22)20-13-35-21(27-20)14-9-10-15(26-11-14)12-34-29-24(32)18-7-3-4-8-19(18)25(29)33;17-13-11-6-1-2-7-12(11)14(18)16(13)19-9-10-5-3-4-8-15-10;12-11-13-8(5-17-11)14-9(15)6-3-1-2-4-7(6)10(14)16;10-8-5-15-9(13-8)6-1-2-7(4-14-11)12-3-6;;;;;/h1-11,13H,12H2;1-3,5-8H,9H2;1-5H;1-3,5H,4,10-11H2;1H4;3*1H3;. The summed E-state index contributed by atoms with van der Waals surface area (Å²) < 4.78 is 1.97. The number of hydroxylamine groups is 4. The first kappa shape index (κ1) is 64.7. The van der Waals surface area contributed by atoms with Gasteiger partial charge in [-0.25, -0.2) is 30.6 Å². The van der Waals surface area contributed by atoms with Crippen molar-refractivity contribution in [1.29, 1.82) is 0 Å². The number of carbonyl (C=O) groups excluding carboxylic acids is 8. The predicted octanol–water partition coefficient (Wildman–Crippen LogP) is 10.6. The van der Waals surface area contributed by atoms with Crippen LogP contribution in [0.4, 0.5) is 17.5 Å². The molecular formula is C63H51BrN12O11S3Sn. The van der Waals surface area contributed by atoms with Gasteiger partial charge in [0.15, 0.2) is 15.6 Å². The van der Waals surface area contributed by atoms with Gasteiger partial charge in [-0.15, -0.1) is 39.1 Å². The summed E-state index contributed by atoms with van der Waals surface area (Å²) in [6, 6.07) is 37.9. The van der Waals surface area contributed by atoms with E-state index >= 15 is 0 Å². The van der Waals surface area contributed by atoms with Crippen LogP contribution in [0.25, 0.3) is 21.1 Å². The van der Waals surface area contributed by atoms with E-state index < -0.39 is 53.8 Å². The summed E-state index contributed by atoms with van der Waals surface area (Å²) >= 11 is 5.20. The number of imide groups is 4. The number of anilines is 3. The number of fused-ring (bicyclic) bond motifs is 4. The Hall–Kier alpha value is -9.30. The first-order chi connectivity index (χ1) is 43.4. The number of pyridine rings is 3. The van der Waals surface area contributed by atoms with E-state index in [1.54, 1.807) is 138 Å². The van der Waals surface area contributed by atoms with Crippen molar-refractivity contribution in [1.82, 2.24) is 40.0 Å². The molecule has 91 heavy (non-hydrogen) atoms. The van der Waals surface area contributed by atoms with Gasteiger partial charge in [-0.3, -0.25) is 48.4 Å². The van der Waals surface area contributed by atoms with E-state index in [0.717, 1.165) is 36.2 Å². The molecule has 0 saturated carbocycles. The Morgan fingerprint density at radius 3 is 1.12 bits per heavy atom. The summed E-state index contributed by atoms with van der Waals surface area (Å²) in [5.74, 6) is 2.81. The number of rotatable bonds is 13. The maximum atomic E-state index is 12.7. The van der Waals surface area contributed by atoms with E-state index in [1.165, 1.54) is 37.6 Å². The summed E-state index contributed by atoms with van der Waals surface area (Å²) in [7, 11) is 0. The van der Waals surface area contributed by atoms with Crippen molar-refractivity contribution in [2.75, 3.05) is 15.5 Å². The molecule has 0 saturated heterocycles. The van der Waals surface area contributed by atoms with Gasteiger partial charge in [0.2, 0.25) is 0 Å². The molecule has 23 nitrogen and oxygen atoms in total. The van der Waals surface area contributed by atoms with Crippen LogP contribution in [0.3, 0.4) is 0 Å². The van der Waals surface area contributed by atoms with Crippen LogP contribution >= 0.6 is 49.9 Å². The molecule has 4 aliphatic rings. The van der Waals surface area contributed by atoms with E-state index in [4.69, 9.17) is 21.3 Å². The molecule has 10 heterocycles. The molecule has 4 N–H and O–H groups in total. The number of thiazole rings is 3. The second kappa shape index (κ2) is 27.8. The van der Waals surface area contributed by atoms with Crippen LogP contribution in [0.5, 0.6) is 0 Å². The number of benzene rings is 4. The number of aromatic nitrogens is 6. The maximum absolute atomic E-state index is 12.7. The molecule has 0 bridgehead atoms. The molecule has 6 aromatic heterocycles. The first-order valence-electron chi connectivity index (χ1n) is 27.0. The quantitative estimate of drug-likeness (QED) is 0.0615. The third kappa shape index (κ3) is 13.7. The summed E-state index contributed by atoms with van der Waals surface area (Å²) in [6.07, 6.45) is 5.19. The Labute approximate surface area is 543 Å². The van der Waals surface area contributed by atoms with E-state index in [2.05, 4.69) is 71.6 Å². The van der Waals surface area contributed by atoms with Crippen LogP contribution in [0.1, 0.15) is 107 Å². The van der Waals surface area contributed by atoms with E-state index in [0.29, 0.717) is 88.6 Å². The van der Waals surface area contributed by atoms with E-state index in [1.807, 2.05) is 24.4 Å². The summed E-state index contributed by atoms with van der Waals surface area (Å²) in [6.45, 7) is 0.315. The van der Waals surface area contributed by atoms with Gasteiger partial charge in [0, 0.05) is 39.7 Å². The molecule has 458 valence electrons. The van der Waals surface area contributed by atoms with Crippen LogP contribution in [0, 0.1) is 0 Å². The van der Waals surface area contributed by atoms with Crippen LogP contribution in [0.15, 0.2) is 172 Å². The Morgan fingerprint density at radius 1 is 0.440 bits per heavy atom. The second-order valence-electron chi connectivity index (χ2n) is 20.7. The van der Waals surface area contributed by atoms with Crippen LogP contribution in [-0.4, -0.2) is 106 Å². The zero-order valence-electron chi connectivity index (χ0n) is 47.5. The van der Waals surface area contributed by atoms with Crippen LogP contribution in [0.2, 0.25) is 14.8 Å². The van der Waals surface area contributed by atoms with E-state index in [-0.39, 0.29) is 38.3 Å². The van der Waals surface area contributed by atoms with Gasteiger partial charge < -0.3 is 5.73 Å². The molecule has 28 heteroatoms. The van der Waals surface area contributed by atoms with Gasteiger partial charge in [-0.05, 0) is 76.6 Å². The number of amides is 8. The zero-order chi connectivity index (χ0) is 63.4. The van der Waals surface area contributed by atoms with Crippen molar-refractivity contribution in [2.45, 2.75) is 42.1 Å². The molecule has 10 aromatic rings. The number of nitrogens with zero attached hydrogens (tertiary/aromatic N) is 10. The zero-order valence-corrected chi connectivity index (χ0v) is 54.4. The second-order valence-corrected chi connectivity index (χ2v) is 39.0. The Bertz CT molecular complexity index is 4330. The van der Waals surface area contributed by atoms with Crippen molar-refractivity contribution in [2.24, 2.45) is 5.90 Å². The minimum atomic E-state index is -2.12. The molecule has 0 atom stereocenters. The molecule has 0 aliphatic carbocycles. The SMILES string of the molecule is C.NOCc1ccc(-c2nc(N)cs2)cn1.O=C1c2ccccc2C(=O)N1OCc1ccc(-c2nc(N3C(=O)c4ccccc4C3=O)cs2)cn1.O=C1c2ccccc2C(=O)N1c1csc(Br)n1.[CH3][Sn]([CH3])([CH3])[c]1ccc(CON2C(=O)c3ccccc3C2=O)nc1. The van der Waals surface area contributed by atoms with Gasteiger partial charge in [0.05, 0.1) is 44.8 Å². The van der Waals surface area contributed by atoms with Gasteiger partial charge in [0.25, 0.3) is 35.4 Å². The predicted molar refractivity (Wildman–Crippen MR) is 346 cm³/mol. The van der Waals surface area contributed by atoms with Gasteiger partial charge in [-0.1, -0.05) is 43.8 Å². The molecule has 0 spiro atoms. The van der Waals surface area contributed by atoms with Crippen molar-refractivity contribution >= 4 is 137 Å². The van der Waals surface area contributed by atoms with E-state index in [9.17, 15) is 38.4 Å². The van der Waals surface area contributed by atoms with Crippen molar-refractivity contribution < 1.29 is 52.9 Å². The van der Waals surface area contributed by atoms with Crippen LogP contribution in [-0.2, 0) is 34.3 Å². The number of nitrogen functional groups attached to an aromatic ring is 1. The Balaban J connectivity index is 0.000000141. The normalized spacial score (nSPS) is 13.6. The fraction of sp³-hybridized carbons (Fsp3) is 0.111. The average Bonchev–Trinajstić information content (AvgIpc) is 1.68. The summed E-state index contributed by atoms with van der Waals surface area (Å²) in [4.78, 5) is 149. The molecule has 0 unspecified atom stereocenters. The number of carbonyl (C=O) groups is 8. The van der Waals surface area contributed by atoms with Gasteiger partial charge in [0.1, 0.15) is 29.0 Å². The Kier molecular flexibility index (Phi) is 19.8. The first-order valence-corrected chi connectivity index (χ1v) is 40.4. The molecule has 8 amide bonds. The summed E-state index contributed by atoms with van der Waals surface area (Å²) in [5.41, 5.74) is 12.1. The number of hydrogen-bond donors (Lipinski definition) is 2. The fourth-order valence-corrected chi connectivity index (χ4v) is 14.6. The molecular weight excluding hydrogens is 1400 g/mol. The van der Waals surface area contributed by atoms with Gasteiger partial charge in [-0.2, -0.15) is 0 Å². The third-order valence-corrected chi connectivity index (χ3v) is 22.7. The van der Waals surface area contributed by atoms with Crippen molar-refractivity contribution in [3.8, 4) is 21.1 Å². The molecule has 14 rings (SSSR count). The minimum absolute atomic E-state index is 0. The molecule has 0 fully saturated rings. The number of hydrogen-bond acceptors (Lipinski definition) is 22. The topological polar surface area (TPSA) is 307 Å². The number of halogens is 1. The van der Waals surface area contributed by atoms with Crippen molar-refractivity contribution in [3.05, 3.63) is 234 Å². The fourth-order valence-electron chi connectivity index (χ4n) is 9.20. The third-order valence-electron chi connectivity index (χ3n) is 13.8. The van der Waals surface area contributed by atoms with Crippen molar-refractivity contribution in [3.63, 3.8) is 0 Å². The van der Waals surface area contributed by atoms with Crippen LogP contribution < -0.4 is 25.0 Å². The van der Waals surface area contributed by atoms with Gasteiger partial charge >= 0.3 is 139 Å². The molecule has 0 radical (unpaired) electrons. The summed E-state index contributed by atoms with van der Waals surface area (Å²) in [5, 5.41) is 8.13. The molecule has 4 aliphatic heterocycles. The molecule has 4 aromatic carbocycles. The monoisotopic (exact) mass is 1450 g/mol.